The fourth-order valence-corrected chi connectivity index (χ4v) is 3.55. The highest BCUT2D eigenvalue weighted by molar-refractivity contribution is 7.09. The van der Waals surface area contributed by atoms with Gasteiger partial charge >= 0.3 is 0 Å². The Kier molecular flexibility index (Phi) is 4.54. The summed E-state index contributed by atoms with van der Waals surface area (Å²) < 4.78 is 0. The first-order chi connectivity index (χ1) is 8.20. The summed E-state index contributed by atoms with van der Waals surface area (Å²) in [5.41, 5.74) is 6.84. The van der Waals surface area contributed by atoms with Crippen LogP contribution < -0.4 is 5.73 Å². The van der Waals surface area contributed by atoms with Crippen LogP contribution in [0.25, 0.3) is 0 Å². The number of nitrogens with two attached hydrogens (primary N) is 1. The van der Waals surface area contributed by atoms with E-state index in [9.17, 15) is 0 Å². The zero-order valence-electron chi connectivity index (χ0n) is 10.9. The van der Waals surface area contributed by atoms with Crippen LogP contribution in [0.15, 0.2) is 5.38 Å². The number of hydrogen-bond acceptors (Lipinski definition) is 4. The molecule has 1 saturated heterocycles. The summed E-state index contributed by atoms with van der Waals surface area (Å²) in [4.78, 5) is 7.24. The van der Waals surface area contributed by atoms with E-state index in [1.165, 1.54) is 30.1 Å². The normalized spacial score (nSPS) is 23.8. The molecule has 1 aliphatic rings. The van der Waals surface area contributed by atoms with Crippen molar-refractivity contribution in [1.29, 1.82) is 0 Å². The van der Waals surface area contributed by atoms with Gasteiger partial charge in [-0.1, -0.05) is 6.92 Å². The maximum atomic E-state index is 5.60. The number of likely N-dealkylation sites (tertiary alicyclic amines) is 1. The van der Waals surface area contributed by atoms with Crippen LogP contribution in [-0.2, 0) is 0 Å². The molecule has 2 unspecified atom stereocenters. The Morgan fingerprint density at radius 2 is 2.47 bits per heavy atom. The molecule has 3 nitrogen and oxygen atoms in total. The van der Waals surface area contributed by atoms with Crippen molar-refractivity contribution in [2.24, 2.45) is 5.73 Å². The number of nitrogens with zero attached hydrogens (tertiary/aromatic N) is 2. The Labute approximate surface area is 108 Å². The lowest BCUT2D eigenvalue weighted by Crippen LogP contribution is -2.30. The summed E-state index contributed by atoms with van der Waals surface area (Å²) in [7, 11) is 2.21. The van der Waals surface area contributed by atoms with E-state index in [0.717, 1.165) is 19.5 Å². The molecule has 4 heteroatoms. The number of aromatic nitrogens is 1. The molecule has 2 rings (SSSR count). The second-order valence-corrected chi connectivity index (χ2v) is 6.08. The molecule has 1 aromatic heterocycles. The Bertz CT molecular complexity index is 350. The van der Waals surface area contributed by atoms with Gasteiger partial charge in [0.05, 0.1) is 10.7 Å². The van der Waals surface area contributed by atoms with Crippen LogP contribution in [0.4, 0.5) is 0 Å². The van der Waals surface area contributed by atoms with Crippen molar-refractivity contribution in [2.75, 3.05) is 26.7 Å². The molecule has 0 bridgehead atoms. The van der Waals surface area contributed by atoms with E-state index in [2.05, 4.69) is 24.3 Å². The molecule has 0 saturated carbocycles. The quantitative estimate of drug-likeness (QED) is 0.896. The second-order valence-electron chi connectivity index (χ2n) is 5.19. The van der Waals surface area contributed by atoms with Gasteiger partial charge in [-0.15, -0.1) is 11.3 Å². The lowest BCUT2D eigenvalue weighted by Gasteiger charge is -2.28. The molecule has 2 heterocycles. The van der Waals surface area contributed by atoms with Gasteiger partial charge in [0.25, 0.3) is 0 Å². The first kappa shape index (κ1) is 13.0. The summed E-state index contributed by atoms with van der Waals surface area (Å²) in [6, 6.07) is 0. The first-order valence-corrected chi connectivity index (χ1v) is 7.42. The van der Waals surface area contributed by atoms with Gasteiger partial charge in [0.2, 0.25) is 0 Å². The van der Waals surface area contributed by atoms with E-state index in [1.54, 1.807) is 0 Å². The summed E-state index contributed by atoms with van der Waals surface area (Å²) >= 11 is 1.83. The molecule has 2 atom stereocenters. The third-order valence-corrected chi connectivity index (χ3v) is 4.64. The van der Waals surface area contributed by atoms with Crippen LogP contribution in [-0.4, -0.2) is 36.6 Å². The van der Waals surface area contributed by atoms with Crippen molar-refractivity contribution in [1.82, 2.24) is 9.88 Å². The highest BCUT2D eigenvalue weighted by Gasteiger charge is 2.22. The highest BCUT2D eigenvalue weighted by Crippen LogP contribution is 2.30. The molecule has 0 aromatic carbocycles. The van der Waals surface area contributed by atoms with Gasteiger partial charge in [-0.3, -0.25) is 0 Å². The van der Waals surface area contributed by atoms with Crippen molar-refractivity contribution in [3.63, 3.8) is 0 Å². The second kappa shape index (κ2) is 5.94. The minimum atomic E-state index is 0.506. The summed E-state index contributed by atoms with van der Waals surface area (Å²) in [6.07, 6.45) is 3.63. The standard InChI is InChI=1S/C13H23N3S/c1-10(5-6-14)12-9-17-13(15-12)11-4-3-7-16(2)8-11/h9-11H,3-8,14H2,1-2H3. The van der Waals surface area contributed by atoms with E-state index in [4.69, 9.17) is 10.7 Å². The lowest BCUT2D eigenvalue weighted by atomic mass is 9.99. The predicted molar refractivity (Wildman–Crippen MR) is 73.7 cm³/mol. The molecular formula is C13H23N3S. The zero-order valence-corrected chi connectivity index (χ0v) is 11.7. The van der Waals surface area contributed by atoms with Gasteiger partial charge in [-0.2, -0.15) is 0 Å². The van der Waals surface area contributed by atoms with E-state index in [0.29, 0.717) is 11.8 Å². The van der Waals surface area contributed by atoms with Crippen LogP contribution in [0.2, 0.25) is 0 Å². The van der Waals surface area contributed by atoms with Crippen molar-refractivity contribution < 1.29 is 0 Å². The van der Waals surface area contributed by atoms with Crippen molar-refractivity contribution in [3.05, 3.63) is 16.1 Å². The Morgan fingerprint density at radius 1 is 1.65 bits per heavy atom. The predicted octanol–water partition coefficient (Wildman–Crippen LogP) is 2.40. The SMILES string of the molecule is CC(CCN)c1csc(C2CCCN(C)C2)n1. The Morgan fingerprint density at radius 3 is 3.18 bits per heavy atom. The van der Waals surface area contributed by atoms with Crippen LogP contribution in [0, 0.1) is 0 Å². The smallest absolute Gasteiger partial charge is 0.0972 e. The maximum absolute atomic E-state index is 5.60. The summed E-state index contributed by atoms with van der Waals surface area (Å²) in [6.45, 7) is 5.37. The average Bonchev–Trinajstić information content (AvgIpc) is 2.78. The van der Waals surface area contributed by atoms with Crippen LogP contribution in [0.1, 0.15) is 48.7 Å². The topological polar surface area (TPSA) is 42.1 Å². The zero-order chi connectivity index (χ0) is 12.3. The summed E-state index contributed by atoms with van der Waals surface area (Å²) in [5, 5.41) is 3.56. The van der Waals surface area contributed by atoms with E-state index in [-0.39, 0.29) is 0 Å². The molecule has 17 heavy (non-hydrogen) atoms. The average molecular weight is 253 g/mol. The van der Waals surface area contributed by atoms with Crippen LogP contribution >= 0.6 is 11.3 Å². The molecule has 1 fully saturated rings. The minimum absolute atomic E-state index is 0.506. The Balaban J connectivity index is 2.02. The fourth-order valence-electron chi connectivity index (χ4n) is 2.48. The van der Waals surface area contributed by atoms with E-state index < -0.39 is 0 Å². The molecule has 0 radical (unpaired) electrons. The highest BCUT2D eigenvalue weighted by atomic mass is 32.1. The Hall–Kier alpha value is -0.450. The number of thiazole rings is 1. The van der Waals surface area contributed by atoms with Crippen molar-refractivity contribution >= 4 is 11.3 Å². The van der Waals surface area contributed by atoms with E-state index >= 15 is 0 Å². The minimum Gasteiger partial charge on any atom is -0.330 e. The van der Waals surface area contributed by atoms with Crippen LogP contribution in [0.5, 0.6) is 0 Å². The number of piperidine rings is 1. The third-order valence-electron chi connectivity index (χ3n) is 3.62. The fraction of sp³-hybridized carbons (Fsp3) is 0.769. The van der Waals surface area contributed by atoms with Crippen LogP contribution in [0.3, 0.4) is 0 Å². The molecule has 0 spiro atoms. The molecule has 1 aliphatic heterocycles. The van der Waals surface area contributed by atoms with Gasteiger partial charge in [-0.05, 0) is 39.4 Å². The van der Waals surface area contributed by atoms with Gasteiger partial charge in [0, 0.05) is 23.8 Å². The molecular weight excluding hydrogens is 230 g/mol. The molecule has 2 N–H and O–H groups in total. The molecule has 1 aromatic rings. The van der Waals surface area contributed by atoms with Gasteiger partial charge < -0.3 is 10.6 Å². The number of likely N-dealkylation sites (N-methyl/N-ethyl adjacent to an activating group) is 1. The largest absolute Gasteiger partial charge is 0.330 e. The molecule has 0 aliphatic carbocycles. The van der Waals surface area contributed by atoms with Gasteiger partial charge in [0.1, 0.15) is 0 Å². The maximum Gasteiger partial charge on any atom is 0.0972 e. The molecule has 96 valence electrons. The van der Waals surface area contributed by atoms with Gasteiger partial charge in [-0.25, -0.2) is 4.98 Å². The van der Waals surface area contributed by atoms with Crippen molar-refractivity contribution in [2.45, 2.75) is 38.0 Å². The number of hydrogen-bond donors (Lipinski definition) is 1. The third kappa shape index (κ3) is 3.27. The van der Waals surface area contributed by atoms with E-state index in [1.807, 2.05) is 11.3 Å². The van der Waals surface area contributed by atoms with Crippen molar-refractivity contribution in [3.8, 4) is 0 Å². The summed E-state index contributed by atoms with van der Waals surface area (Å²) in [5.74, 6) is 1.16. The monoisotopic (exact) mass is 253 g/mol. The first-order valence-electron chi connectivity index (χ1n) is 6.54. The molecule has 0 amide bonds. The van der Waals surface area contributed by atoms with Gasteiger partial charge in [0.15, 0.2) is 0 Å². The number of rotatable bonds is 4. The lowest BCUT2D eigenvalue weighted by molar-refractivity contribution is 0.250.